The predicted octanol–water partition coefficient (Wildman–Crippen LogP) is 1.91. The maximum absolute atomic E-state index is 12.6. The Morgan fingerprint density at radius 3 is 2.95 bits per heavy atom. The molecule has 5 nitrogen and oxygen atoms in total. The molecular weight excluding hydrogens is 268 g/mol. The third-order valence-corrected chi connectivity index (χ3v) is 4.89. The average Bonchev–Trinajstić information content (AvgIpc) is 3.05. The minimum Gasteiger partial charge on any atom is -0.469 e. The average molecular weight is 292 g/mol. The molecule has 0 bridgehead atoms. The van der Waals surface area contributed by atoms with Crippen LogP contribution in [0.15, 0.2) is 16.7 Å². The Hall–Kier alpha value is -1.33. The standard InChI is InChI=1S/C16H24N2O3/c1-12-14(5-8-20-12)15(19)18-7-6-16(11-18)10-13(17(2)3)4-9-21-16/h5,8,13H,4,6-7,9-11H2,1-3H3/t13-,16-/m0/s1. The summed E-state index contributed by atoms with van der Waals surface area (Å²) in [5.74, 6) is 0.755. The van der Waals surface area contributed by atoms with E-state index in [0.717, 1.165) is 32.4 Å². The number of likely N-dealkylation sites (tertiary alicyclic amines) is 1. The van der Waals surface area contributed by atoms with Crippen LogP contribution in [0.25, 0.3) is 0 Å². The normalized spacial score (nSPS) is 29.5. The molecular formula is C16H24N2O3. The zero-order valence-corrected chi connectivity index (χ0v) is 13.1. The van der Waals surface area contributed by atoms with Gasteiger partial charge in [0.05, 0.1) is 24.0 Å². The lowest BCUT2D eigenvalue weighted by Gasteiger charge is -2.40. The summed E-state index contributed by atoms with van der Waals surface area (Å²) in [5, 5.41) is 0. The van der Waals surface area contributed by atoms with Crippen molar-refractivity contribution in [1.29, 1.82) is 0 Å². The molecule has 2 atom stereocenters. The third-order valence-electron chi connectivity index (χ3n) is 4.89. The quantitative estimate of drug-likeness (QED) is 0.835. The number of amides is 1. The fourth-order valence-electron chi connectivity index (χ4n) is 3.52. The molecule has 0 aliphatic carbocycles. The van der Waals surface area contributed by atoms with Crippen LogP contribution in [-0.4, -0.2) is 61.1 Å². The highest BCUT2D eigenvalue weighted by Gasteiger charge is 2.45. The Kier molecular flexibility index (Phi) is 3.80. The molecule has 2 aliphatic rings. The second-order valence-electron chi connectivity index (χ2n) is 6.51. The van der Waals surface area contributed by atoms with Crippen LogP contribution in [0.3, 0.4) is 0 Å². The highest BCUT2D eigenvalue weighted by atomic mass is 16.5. The topological polar surface area (TPSA) is 45.9 Å². The van der Waals surface area contributed by atoms with Gasteiger partial charge in [0.2, 0.25) is 0 Å². The smallest absolute Gasteiger partial charge is 0.257 e. The molecule has 1 spiro atoms. The second-order valence-corrected chi connectivity index (χ2v) is 6.51. The molecule has 2 aliphatic heterocycles. The van der Waals surface area contributed by atoms with Gasteiger partial charge in [0.1, 0.15) is 5.76 Å². The lowest BCUT2D eigenvalue weighted by atomic mass is 9.89. The molecule has 1 amide bonds. The molecule has 21 heavy (non-hydrogen) atoms. The number of aryl methyl sites for hydroxylation is 1. The van der Waals surface area contributed by atoms with Crippen LogP contribution in [0, 0.1) is 6.92 Å². The van der Waals surface area contributed by atoms with Crippen molar-refractivity contribution in [3.05, 3.63) is 23.7 Å². The van der Waals surface area contributed by atoms with Gasteiger partial charge in [-0.25, -0.2) is 0 Å². The maximum atomic E-state index is 12.6. The van der Waals surface area contributed by atoms with Gasteiger partial charge in [-0.1, -0.05) is 0 Å². The second kappa shape index (κ2) is 5.46. The van der Waals surface area contributed by atoms with E-state index >= 15 is 0 Å². The molecule has 0 saturated carbocycles. The molecule has 1 aromatic rings. The van der Waals surface area contributed by atoms with Gasteiger partial charge >= 0.3 is 0 Å². The summed E-state index contributed by atoms with van der Waals surface area (Å²) in [4.78, 5) is 16.8. The van der Waals surface area contributed by atoms with Crippen LogP contribution in [0.1, 0.15) is 35.4 Å². The first-order valence-corrected chi connectivity index (χ1v) is 7.64. The monoisotopic (exact) mass is 292 g/mol. The number of carbonyl (C=O) groups excluding carboxylic acids is 1. The van der Waals surface area contributed by atoms with E-state index in [4.69, 9.17) is 9.15 Å². The van der Waals surface area contributed by atoms with Crippen LogP contribution >= 0.6 is 0 Å². The van der Waals surface area contributed by atoms with Gasteiger partial charge in [0.15, 0.2) is 0 Å². The highest BCUT2D eigenvalue weighted by molar-refractivity contribution is 5.95. The first-order chi connectivity index (χ1) is 10.0. The fourth-order valence-corrected chi connectivity index (χ4v) is 3.52. The van der Waals surface area contributed by atoms with Crippen LogP contribution in [0.4, 0.5) is 0 Å². The van der Waals surface area contributed by atoms with Crippen molar-refractivity contribution in [1.82, 2.24) is 9.80 Å². The number of furan rings is 1. The highest BCUT2D eigenvalue weighted by Crippen LogP contribution is 2.36. The number of hydrogen-bond donors (Lipinski definition) is 0. The number of rotatable bonds is 2. The van der Waals surface area contributed by atoms with Crippen molar-refractivity contribution in [2.45, 2.75) is 37.8 Å². The Bertz CT molecular complexity index is 525. The summed E-state index contributed by atoms with van der Waals surface area (Å²) in [5.41, 5.74) is 0.521. The molecule has 2 fully saturated rings. The Labute approximate surface area is 125 Å². The Morgan fingerprint density at radius 2 is 2.29 bits per heavy atom. The van der Waals surface area contributed by atoms with Crippen LogP contribution in [0.2, 0.25) is 0 Å². The SMILES string of the molecule is Cc1occc1C(=O)N1CC[C@]2(C[C@@H](N(C)C)CCO2)C1. The third kappa shape index (κ3) is 2.72. The van der Waals surface area contributed by atoms with Crippen molar-refractivity contribution >= 4 is 5.91 Å². The summed E-state index contributed by atoms with van der Waals surface area (Å²) in [6.07, 6.45) is 4.59. The van der Waals surface area contributed by atoms with E-state index in [1.165, 1.54) is 0 Å². The first kappa shape index (κ1) is 14.6. The van der Waals surface area contributed by atoms with Crippen molar-refractivity contribution in [2.24, 2.45) is 0 Å². The predicted molar refractivity (Wildman–Crippen MR) is 79.4 cm³/mol. The Morgan fingerprint density at radius 1 is 1.48 bits per heavy atom. The van der Waals surface area contributed by atoms with Gasteiger partial charge in [0, 0.05) is 19.2 Å². The molecule has 116 valence electrons. The molecule has 0 N–H and O–H groups in total. The van der Waals surface area contributed by atoms with E-state index in [9.17, 15) is 4.79 Å². The van der Waals surface area contributed by atoms with Crippen molar-refractivity contribution in [2.75, 3.05) is 33.8 Å². The zero-order chi connectivity index (χ0) is 15.0. The summed E-state index contributed by atoms with van der Waals surface area (Å²) >= 11 is 0. The molecule has 3 rings (SSSR count). The number of nitrogens with zero attached hydrogens (tertiary/aromatic N) is 2. The maximum Gasteiger partial charge on any atom is 0.257 e. The molecule has 0 radical (unpaired) electrons. The van der Waals surface area contributed by atoms with Crippen molar-refractivity contribution < 1.29 is 13.9 Å². The minimum atomic E-state index is -0.152. The largest absolute Gasteiger partial charge is 0.469 e. The van der Waals surface area contributed by atoms with Crippen LogP contribution in [0.5, 0.6) is 0 Å². The van der Waals surface area contributed by atoms with Gasteiger partial charge in [-0.05, 0) is 46.3 Å². The van der Waals surface area contributed by atoms with Crippen LogP contribution in [-0.2, 0) is 4.74 Å². The Balaban J connectivity index is 1.70. The number of hydrogen-bond acceptors (Lipinski definition) is 4. The molecule has 0 unspecified atom stereocenters. The van der Waals surface area contributed by atoms with E-state index < -0.39 is 0 Å². The van der Waals surface area contributed by atoms with E-state index in [1.807, 2.05) is 11.8 Å². The molecule has 5 heteroatoms. The lowest BCUT2D eigenvalue weighted by molar-refractivity contribution is -0.0917. The van der Waals surface area contributed by atoms with Crippen molar-refractivity contribution in [3.8, 4) is 0 Å². The molecule has 0 aromatic carbocycles. The summed E-state index contributed by atoms with van der Waals surface area (Å²) in [6.45, 7) is 4.08. The van der Waals surface area contributed by atoms with Gasteiger partial charge < -0.3 is 19.0 Å². The number of ether oxygens (including phenoxy) is 1. The van der Waals surface area contributed by atoms with E-state index in [-0.39, 0.29) is 11.5 Å². The summed E-state index contributed by atoms with van der Waals surface area (Å²) < 4.78 is 11.3. The fraction of sp³-hybridized carbons (Fsp3) is 0.688. The molecule has 1 aromatic heterocycles. The lowest BCUT2D eigenvalue weighted by Crippen LogP contribution is -2.48. The van der Waals surface area contributed by atoms with Crippen LogP contribution < -0.4 is 0 Å². The minimum absolute atomic E-state index is 0.0636. The molecule has 3 heterocycles. The summed E-state index contributed by atoms with van der Waals surface area (Å²) in [6, 6.07) is 2.30. The van der Waals surface area contributed by atoms with Gasteiger partial charge in [-0.2, -0.15) is 0 Å². The van der Waals surface area contributed by atoms with Gasteiger partial charge in [-0.3, -0.25) is 4.79 Å². The van der Waals surface area contributed by atoms with E-state index in [2.05, 4.69) is 19.0 Å². The van der Waals surface area contributed by atoms with Crippen molar-refractivity contribution in [3.63, 3.8) is 0 Å². The van der Waals surface area contributed by atoms with E-state index in [0.29, 0.717) is 23.9 Å². The molecule has 2 saturated heterocycles. The first-order valence-electron chi connectivity index (χ1n) is 7.64. The van der Waals surface area contributed by atoms with Gasteiger partial charge in [0.25, 0.3) is 5.91 Å². The van der Waals surface area contributed by atoms with Gasteiger partial charge in [-0.15, -0.1) is 0 Å². The summed E-state index contributed by atoms with van der Waals surface area (Å²) in [7, 11) is 4.24. The van der Waals surface area contributed by atoms with E-state index in [1.54, 1.807) is 12.3 Å². The zero-order valence-electron chi connectivity index (χ0n) is 13.1. The number of carbonyl (C=O) groups is 1.